The van der Waals surface area contributed by atoms with Gasteiger partial charge in [-0.2, -0.15) is 0 Å². The van der Waals surface area contributed by atoms with Crippen LogP contribution in [0, 0.1) is 5.53 Å². The smallest absolute Gasteiger partial charge is 0.167 e. The maximum Gasteiger partial charge on any atom is 0.167 e. The highest BCUT2D eigenvalue weighted by molar-refractivity contribution is 6.42. The second kappa shape index (κ2) is 9.25. The van der Waals surface area contributed by atoms with Crippen LogP contribution in [0.5, 0.6) is 5.75 Å². The molecule has 0 fully saturated rings. The van der Waals surface area contributed by atoms with Crippen molar-refractivity contribution in [3.05, 3.63) is 28.2 Å². The van der Waals surface area contributed by atoms with Gasteiger partial charge in [0.25, 0.3) is 0 Å². The predicted molar refractivity (Wildman–Crippen MR) is 71.4 cm³/mol. The Kier molecular flexibility index (Phi) is 8.82. The summed E-state index contributed by atoms with van der Waals surface area (Å²) in [6.45, 7) is 6.01. The average Bonchev–Trinajstić information content (AvgIpc) is 2.27. The number of aromatic hydroxyl groups is 1. The van der Waals surface area contributed by atoms with Crippen molar-refractivity contribution >= 4 is 23.2 Å². The lowest BCUT2D eigenvalue weighted by Gasteiger charge is -1.95. The van der Waals surface area contributed by atoms with E-state index in [2.05, 4.69) is 13.8 Å². The van der Waals surface area contributed by atoms with E-state index in [0.717, 1.165) is 25.9 Å². The van der Waals surface area contributed by atoms with Gasteiger partial charge in [0.1, 0.15) is 10.8 Å². The molecule has 0 bridgehead atoms. The summed E-state index contributed by atoms with van der Waals surface area (Å²) in [5, 5.41) is 9.46. The van der Waals surface area contributed by atoms with Crippen molar-refractivity contribution in [2.45, 2.75) is 26.7 Å². The van der Waals surface area contributed by atoms with Crippen LogP contribution >= 0.6 is 23.2 Å². The number of nitrogens with one attached hydrogen (secondary N) is 1. The number of nitrogens with zero attached hydrogens (tertiary/aromatic N) is 1. The van der Waals surface area contributed by atoms with Crippen molar-refractivity contribution in [2.24, 2.45) is 0 Å². The van der Waals surface area contributed by atoms with Crippen molar-refractivity contribution in [1.82, 2.24) is 0 Å². The summed E-state index contributed by atoms with van der Waals surface area (Å²) in [5.41, 5.74) is 7.21. The molecule has 1 aromatic rings. The highest BCUT2D eigenvalue weighted by Gasteiger charge is 1.99. The number of hydrogen-bond donors (Lipinski definition) is 2. The van der Waals surface area contributed by atoms with Crippen molar-refractivity contribution in [1.29, 1.82) is 5.53 Å². The molecule has 0 saturated heterocycles. The van der Waals surface area contributed by atoms with Gasteiger partial charge in [-0.25, -0.2) is 0 Å². The largest absolute Gasteiger partial charge is 0.506 e. The molecule has 96 valence electrons. The van der Waals surface area contributed by atoms with Gasteiger partial charge in [0, 0.05) is 12.8 Å². The first-order valence-corrected chi connectivity index (χ1v) is 6.37. The third-order valence-corrected chi connectivity index (χ3v) is 2.73. The van der Waals surface area contributed by atoms with E-state index in [1.165, 1.54) is 6.07 Å². The first kappa shape index (κ1) is 16.2. The Hall–Kier alpha value is -0.800. The number of halogens is 2. The van der Waals surface area contributed by atoms with Gasteiger partial charge >= 0.3 is 0 Å². The van der Waals surface area contributed by atoms with E-state index in [0.29, 0.717) is 5.02 Å². The summed E-state index contributed by atoms with van der Waals surface area (Å²) >= 11 is 11.0. The number of phenolic OH excluding ortho intramolecular Hbond substituents is 1. The van der Waals surface area contributed by atoms with Gasteiger partial charge in [-0.15, -0.1) is 4.70 Å². The molecule has 0 atom stereocenters. The second-order valence-corrected chi connectivity index (χ2v) is 4.35. The molecular weight excluding hydrogens is 259 g/mol. The van der Waals surface area contributed by atoms with E-state index < -0.39 is 0 Å². The van der Waals surface area contributed by atoms with Crippen LogP contribution in [0.25, 0.3) is 0 Å². The number of rotatable bonds is 4. The minimum absolute atomic E-state index is 0.0177. The van der Waals surface area contributed by atoms with Crippen LogP contribution in [0.15, 0.2) is 18.2 Å². The van der Waals surface area contributed by atoms with E-state index in [4.69, 9.17) is 33.8 Å². The van der Waals surface area contributed by atoms with Gasteiger partial charge in [-0.3, -0.25) is 0 Å². The van der Waals surface area contributed by atoms with Crippen LogP contribution in [0.2, 0.25) is 10.0 Å². The maximum absolute atomic E-state index is 8.88. The minimum atomic E-state index is 0.0177. The van der Waals surface area contributed by atoms with Gasteiger partial charge in [0.05, 0.1) is 5.02 Å². The predicted octanol–water partition coefficient (Wildman–Crippen LogP) is 4.55. The SMILES string of the molecule is CCC[N+](=N)CCC.Oc1cccc(Cl)c1Cl. The van der Waals surface area contributed by atoms with Gasteiger partial charge in [0.15, 0.2) is 13.1 Å². The quantitative estimate of drug-likeness (QED) is 0.616. The Morgan fingerprint density at radius 2 is 1.71 bits per heavy atom. The molecule has 17 heavy (non-hydrogen) atoms. The lowest BCUT2D eigenvalue weighted by Crippen LogP contribution is -2.08. The Bertz CT molecular complexity index is 328. The summed E-state index contributed by atoms with van der Waals surface area (Å²) in [6.07, 6.45) is 2.17. The molecule has 5 heteroatoms. The van der Waals surface area contributed by atoms with Crippen LogP contribution < -0.4 is 0 Å². The fourth-order valence-corrected chi connectivity index (χ4v) is 1.44. The third-order valence-electron chi connectivity index (χ3n) is 1.92. The van der Waals surface area contributed by atoms with E-state index in [-0.39, 0.29) is 10.8 Å². The lowest BCUT2D eigenvalue weighted by atomic mass is 10.3. The van der Waals surface area contributed by atoms with Gasteiger partial charge < -0.3 is 5.11 Å². The Labute approximate surface area is 112 Å². The van der Waals surface area contributed by atoms with Crippen molar-refractivity contribution in [3.8, 4) is 5.75 Å². The van der Waals surface area contributed by atoms with Crippen LogP contribution in [-0.4, -0.2) is 22.9 Å². The van der Waals surface area contributed by atoms with E-state index in [1.54, 1.807) is 16.8 Å². The minimum Gasteiger partial charge on any atom is -0.506 e. The zero-order valence-electron chi connectivity index (χ0n) is 10.2. The Morgan fingerprint density at radius 3 is 2.06 bits per heavy atom. The van der Waals surface area contributed by atoms with Crippen LogP contribution in [0.1, 0.15) is 26.7 Å². The standard InChI is InChI=1S/C6H4Cl2O.C6H15N2/c7-4-2-1-3-5(9)6(4)8;1-3-5-8(7)6-4-2/h1-3,9H;7H,3-6H2,1-2H3/q;+1. The fourth-order valence-electron chi connectivity index (χ4n) is 1.14. The van der Waals surface area contributed by atoms with E-state index in [1.807, 2.05) is 0 Å². The molecule has 0 spiro atoms. The monoisotopic (exact) mass is 277 g/mol. The number of hydrogen-bond acceptors (Lipinski definition) is 2. The molecule has 0 aromatic heterocycles. The first-order chi connectivity index (χ1) is 8.02. The zero-order chi connectivity index (χ0) is 13.3. The summed E-state index contributed by atoms with van der Waals surface area (Å²) in [6, 6.07) is 4.72. The molecule has 0 aliphatic carbocycles. The zero-order valence-corrected chi connectivity index (χ0v) is 11.7. The highest BCUT2D eigenvalue weighted by atomic mass is 35.5. The summed E-state index contributed by atoms with van der Waals surface area (Å²) in [4.78, 5) is 0. The molecule has 0 aliphatic rings. The molecule has 3 nitrogen and oxygen atoms in total. The van der Waals surface area contributed by atoms with E-state index >= 15 is 0 Å². The van der Waals surface area contributed by atoms with Crippen LogP contribution in [0.4, 0.5) is 0 Å². The van der Waals surface area contributed by atoms with Crippen molar-refractivity contribution < 1.29 is 9.80 Å². The molecular formula is C12H19Cl2N2O+. The third kappa shape index (κ3) is 7.18. The van der Waals surface area contributed by atoms with Gasteiger partial charge in [-0.05, 0) is 12.1 Å². The molecule has 0 saturated carbocycles. The summed E-state index contributed by atoms with van der Waals surface area (Å²) in [7, 11) is 0. The second-order valence-electron chi connectivity index (χ2n) is 3.56. The maximum atomic E-state index is 8.88. The molecule has 0 heterocycles. The van der Waals surface area contributed by atoms with Gasteiger partial charge in [-0.1, -0.05) is 48.6 Å². The summed E-state index contributed by atoms with van der Waals surface area (Å²) < 4.78 is 1.61. The summed E-state index contributed by atoms with van der Waals surface area (Å²) in [5.74, 6) is 0.0177. The normalized spacial score (nSPS) is 9.41. The van der Waals surface area contributed by atoms with E-state index in [9.17, 15) is 0 Å². The number of phenols is 1. The Morgan fingerprint density at radius 1 is 1.18 bits per heavy atom. The lowest BCUT2D eigenvalue weighted by molar-refractivity contribution is -0.614. The molecule has 2 N–H and O–H groups in total. The molecule has 0 radical (unpaired) electrons. The van der Waals surface area contributed by atoms with Crippen molar-refractivity contribution in [2.75, 3.05) is 13.1 Å². The average molecular weight is 278 g/mol. The first-order valence-electron chi connectivity index (χ1n) is 5.62. The molecule has 1 rings (SSSR count). The Balaban J connectivity index is 0.000000304. The fraction of sp³-hybridized carbons (Fsp3) is 0.500. The highest BCUT2D eigenvalue weighted by Crippen LogP contribution is 2.29. The molecule has 1 aromatic carbocycles. The molecule has 0 amide bonds. The van der Waals surface area contributed by atoms with Crippen LogP contribution in [-0.2, 0) is 0 Å². The topological polar surface area (TPSA) is 47.1 Å². The number of benzene rings is 1. The molecule has 0 unspecified atom stereocenters. The molecule has 0 aliphatic heterocycles. The van der Waals surface area contributed by atoms with Crippen LogP contribution in [0.3, 0.4) is 0 Å². The van der Waals surface area contributed by atoms with Crippen molar-refractivity contribution in [3.63, 3.8) is 0 Å². The van der Waals surface area contributed by atoms with Gasteiger partial charge in [0.2, 0.25) is 0 Å².